The third-order valence-electron chi connectivity index (χ3n) is 2.87. The Bertz CT molecular complexity index is 501. The van der Waals surface area contributed by atoms with Crippen LogP contribution in [-0.4, -0.2) is 4.98 Å². The van der Waals surface area contributed by atoms with E-state index in [9.17, 15) is 0 Å². The van der Waals surface area contributed by atoms with E-state index in [0.29, 0.717) is 6.04 Å². The minimum absolute atomic E-state index is 0.311. The van der Waals surface area contributed by atoms with E-state index < -0.39 is 0 Å². The van der Waals surface area contributed by atoms with Crippen molar-refractivity contribution in [1.29, 1.82) is 0 Å². The molecule has 3 nitrogen and oxygen atoms in total. The van der Waals surface area contributed by atoms with Gasteiger partial charge in [0.05, 0.1) is 23.5 Å². The fraction of sp³-hybridized carbons (Fsp3) is 0.462. The van der Waals surface area contributed by atoms with Crippen LogP contribution in [0.15, 0.2) is 16.7 Å². The second-order valence-corrected chi connectivity index (χ2v) is 5.55. The molecular weight excluding hydrogens is 232 g/mol. The molecular formula is C13H18N2OS. The molecule has 0 spiro atoms. The van der Waals surface area contributed by atoms with Crippen LogP contribution < -0.4 is 5.32 Å². The molecule has 2 rings (SSSR count). The second kappa shape index (κ2) is 5.02. The Hall–Kier alpha value is -1.13. The molecule has 92 valence electrons. The summed E-state index contributed by atoms with van der Waals surface area (Å²) in [5.41, 5.74) is 2.32. The Balaban J connectivity index is 2.00. The Morgan fingerprint density at radius 1 is 1.41 bits per heavy atom. The number of aryl methyl sites for hydroxylation is 3. The highest BCUT2D eigenvalue weighted by Gasteiger charge is 2.13. The number of nitrogens with zero attached hydrogens (tertiary/aromatic N) is 1. The fourth-order valence-corrected chi connectivity index (χ4v) is 2.83. The maximum Gasteiger partial charge on any atom is 0.120 e. The monoisotopic (exact) mass is 250 g/mol. The van der Waals surface area contributed by atoms with Crippen LogP contribution in [0.1, 0.15) is 39.9 Å². The second-order valence-electron chi connectivity index (χ2n) is 4.31. The fourth-order valence-electron chi connectivity index (χ4n) is 1.87. The predicted octanol–water partition coefficient (Wildman–Crippen LogP) is 3.51. The lowest BCUT2D eigenvalue weighted by Crippen LogP contribution is -2.18. The van der Waals surface area contributed by atoms with Gasteiger partial charge in [0.25, 0.3) is 0 Å². The molecule has 0 saturated carbocycles. The molecule has 2 aromatic heterocycles. The van der Waals surface area contributed by atoms with Gasteiger partial charge in [0.1, 0.15) is 5.76 Å². The van der Waals surface area contributed by atoms with Crippen molar-refractivity contribution in [3.8, 4) is 0 Å². The highest BCUT2D eigenvalue weighted by molar-refractivity contribution is 7.11. The van der Waals surface area contributed by atoms with Crippen molar-refractivity contribution in [3.05, 3.63) is 39.2 Å². The van der Waals surface area contributed by atoms with Gasteiger partial charge in [-0.05, 0) is 39.3 Å². The van der Waals surface area contributed by atoms with Gasteiger partial charge >= 0.3 is 0 Å². The molecule has 17 heavy (non-hydrogen) atoms. The standard InChI is InChI=1S/C13H18N2OS/c1-8-5-6-16-12(8)7-14-9(2)13-10(3)15-11(4)17-13/h5-6,9,14H,7H2,1-4H3. The first-order chi connectivity index (χ1) is 8.08. The summed E-state index contributed by atoms with van der Waals surface area (Å²) in [6.07, 6.45) is 1.74. The highest BCUT2D eigenvalue weighted by atomic mass is 32.1. The number of rotatable bonds is 4. The first-order valence-corrected chi connectivity index (χ1v) is 6.60. The maximum atomic E-state index is 5.41. The molecule has 0 bridgehead atoms. The molecule has 0 aliphatic rings. The van der Waals surface area contributed by atoms with Crippen molar-refractivity contribution in [1.82, 2.24) is 10.3 Å². The van der Waals surface area contributed by atoms with Crippen molar-refractivity contribution < 1.29 is 4.42 Å². The van der Waals surface area contributed by atoms with Gasteiger partial charge in [0.15, 0.2) is 0 Å². The van der Waals surface area contributed by atoms with Gasteiger partial charge in [-0.1, -0.05) is 0 Å². The number of furan rings is 1. The van der Waals surface area contributed by atoms with Crippen LogP contribution in [0, 0.1) is 20.8 Å². The molecule has 1 N–H and O–H groups in total. The molecule has 2 heterocycles. The zero-order chi connectivity index (χ0) is 12.4. The number of thiazole rings is 1. The van der Waals surface area contributed by atoms with Gasteiger partial charge in [-0.15, -0.1) is 11.3 Å². The zero-order valence-corrected chi connectivity index (χ0v) is 11.5. The molecule has 4 heteroatoms. The van der Waals surface area contributed by atoms with Gasteiger partial charge in [-0.25, -0.2) is 4.98 Å². The van der Waals surface area contributed by atoms with Crippen LogP contribution in [0.5, 0.6) is 0 Å². The van der Waals surface area contributed by atoms with Crippen LogP contribution in [-0.2, 0) is 6.54 Å². The lowest BCUT2D eigenvalue weighted by molar-refractivity contribution is 0.459. The molecule has 1 atom stereocenters. The lowest BCUT2D eigenvalue weighted by atomic mass is 10.2. The normalized spacial score (nSPS) is 12.9. The molecule has 0 aromatic carbocycles. The molecule has 0 fully saturated rings. The average molecular weight is 250 g/mol. The average Bonchev–Trinajstić information content (AvgIpc) is 2.81. The van der Waals surface area contributed by atoms with E-state index in [0.717, 1.165) is 23.0 Å². The van der Waals surface area contributed by atoms with E-state index in [1.54, 1.807) is 17.6 Å². The van der Waals surface area contributed by atoms with Crippen molar-refractivity contribution in [2.24, 2.45) is 0 Å². The van der Waals surface area contributed by atoms with E-state index in [-0.39, 0.29) is 0 Å². The third-order valence-corrected chi connectivity index (χ3v) is 4.13. The Labute approximate surface area is 106 Å². The summed E-state index contributed by atoms with van der Waals surface area (Å²) in [7, 11) is 0. The summed E-state index contributed by atoms with van der Waals surface area (Å²) in [5, 5.41) is 4.60. The van der Waals surface area contributed by atoms with Crippen molar-refractivity contribution in [2.45, 2.75) is 40.3 Å². The Morgan fingerprint density at radius 3 is 2.71 bits per heavy atom. The van der Waals surface area contributed by atoms with E-state index in [1.807, 2.05) is 13.0 Å². The third kappa shape index (κ3) is 2.76. The first-order valence-electron chi connectivity index (χ1n) is 5.78. The lowest BCUT2D eigenvalue weighted by Gasteiger charge is -2.11. The summed E-state index contributed by atoms with van der Waals surface area (Å²) in [4.78, 5) is 5.76. The molecule has 0 saturated heterocycles. The largest absolute Gasteiger partial charge is 0.468 e. The SMILES string of the molecule is Cc1nc(C)c(C(C)NCc2occc2C)s1. The van der Waals surface area contributed by atoms with Gasteiger partial charge in [-0.2, -0.15) is 0 Å². The van der Waals surface area contributed by atoms with Gasteiger partial charge < -0.3 is 9.73 Å². The molecule has 2 aromatic rings. The van der Waals surface area contributed by atoms with E-state index in [1.165, 1.54) is 10.4 Å². The van der Waals surface area contributed by atoms with Gasteiger partial charge in [0.2, 0.25) is 0 Å². The van der Waals surface area contributed by atoms with Crippen LogP contribution in [0.4, 0.5) is 0 Å². The molecule has 0 amide bonds. The van der Waals surface area contributed by atoms with E-state index in [2.05, 4.69) is 31.1 Å². The molecule has 0 radical (unpaired) electrons. The number of nitrogens with one attached hydrogen (secondary N) is 1. The Morgan fingerprint density at radius 2 is 2.18 bits per heavy atom. The summed E-state index contributed by atoms with van der Waals surface area (Å²) < 4.78 is 5.41. The van der Waals surface area contributed by atoms with E-state index in [4.69, 9.17) is 4.42 Å². The summed E-state index contributed by atoms with van der Waals surface area (Å²) in [5.74, 6) is 1.01. The first kappa shape index (κ1) is 12.3. The van der Waals surface area contributed by atoms with Crippen molar-refractivity contribution >= 4 is 11.3 Å². The van der Waals surface area contributed by atoms with Crippen molar-refractivity contribution in [2.75, 3.05) is 0 Å². The predicted molar refractivity (Wildman–Crippen MR) is 70.3 cm³/mol. The number of aromatic nitrogens is 1. The van der Waals surface area contributed by atoms with Gasteiger partial charge in [-0.3, -0.25) is 0 Å². The topological polar surface area (TPSA) is 38.1 Å². The smallest absolute Gasteiger partial charge is 0.120 e. The highest BCUT2D eigenvalue weighted by Crippen LogP contribution is 2.24. The van der Waals surface area contributed by atoms with Crippen molar-refractivity contribution in [3.63, 3.8) is 0 Å². The number of hydrogen-bond acceptors (Lipinski definition) is 4. The van der Waals surface area contributed by atoms with Crippen LogP contribution in [0.2, 0.25) is 0 Å². The summed E-state index contributed by atoms with van der Waals surface area (Å²) >= 11 is 1.76. The minimum Gasteiger partial charge on any atom is -0.468 e. The summed E-state index contributed by atoms with van der Waals surface area (Å²) in [6.45, 7) is 9.10. The van der Waals surface area contributed by atoms with E-state index >= 15 is 0 Å². The number of hydrogen-bond donors (Lipinski definition) is 1. The van der Waals surface area contributed by atoms with Crippen LogP contribution in [0.25, 0.3) is 0 Å². The molecule has 1 unspecified atom stereocenters. The van der Waals surface area contributed by atoms with Crippen LogP contribution >= 0.6 is 11.3 Å². The Kier molecular flexibility index (Phi) is 3.64. The molecule has 0 aliphatic carbocycles. The van der Waals surface area contributed by atoms with Crippen LogP contribution in [0.3, 0.4) is 0 Å². The summed E-state index contributed by atoms with van der Waals surface area (Å²) in [6, 6.07) is 2.30. The quantitative estimate of drug-likeness (QED) is 0.902. The van der Waals surface area contributed by atoms with Gasteiger partial charge in [0, 0.05) is 10.9 Å². The molecule has 0 aliphatic heterocycles. The zero-order valence-electron chi connectivity index (χ0n) is 10.7. The minimum atomic E-state index is 0.311. The maximum absolute atomic E-state index is 5.41.